The lowest BCUT2D eigenvalue weighted by Gasteiger charge is -2.24. The zero-order valence-corrected chi connectivity index (χ0v) is 17.1. The van der Waals surface area contributed by atoms with Crippen LogP contribution in [0.2, 0.25) is 5.02 Å². The summed E-state index contributed by atoms with van der Waals surface area (Å²) < 4.78 is 1.84. The molecule has 1 aliphatic carbocycles. The zero-order valence-electron chi connectivity index (χ0n) is 16.4. The predicted octanol–water partition coefficient (Wildman–Crippen LogP) is 4.33. The molecule has 1 aromatic carbocycles. The first-order valence-corrected chi connectivity index (χ1v) is 10.4. The van der Waals surface area contributed by atoms with Crippen molar-refractivity contribution in [2.45, 2.75) is 31.6 Å². The Morgan fingerprint density at radius 2 is 2.10 bits per heavy atom. The fraction of sp³-hybridized carbons (Fsp3) is 0.333. The average molecular weight is 425 g/mol. The first-order chi connectivity index (χ1) is 14.6. The summed E-state index contributed by atoms with van der Waals surface area (Å²) in [5, 5.41) is 18.6. The number of anilines is 1. The molecule has 3 N–H and O–H groups in total. The summed E-state index contributed by atoms with van der Waals surface area (Å²) in [5.74, 6) is 0.687. The van der Waals surface area contributed by atoms with Crippen LogP contribution in [0.5, 0.6) is 0 Å². The van der Waals surface area contributed by atoms with Crippen molar-refractivity contribution < 1.29 is 9.90 Å². The summed E-state index contributed by atoms with van der Waals surface area (Å²) >= 11 is 6.36. The predicted molar refractivity (Wildman–Crippen MR) is 115 cm³/mol. The molecule has 154 valence electrons. The molecule has 9 heteroatoms. The van der Waals surface area contributed by atoms with E-state index in [2.05, 4.69) is 20.4 Å². The van der Waals surface area contributed by atoms with E-state index < -0.39 is 5.97 Å². The van der Waals surface area contributed by atoms with Crippen molar-refractivity contribution in [3.8, 4) is 11.4 Å². The van der Waals surface area contributed by atoms with Crippen LogP contribution in [0.25, 0.3) is 27.8 Å². The van der Waals surface area contributed by atoms with Gasteiger partial charge in [0, 0.05) is 18.4 Å². The standard InChI is InChI=1S/C21H21ClN6O2/c1-23-19-18-17(15-9-13-3-2-4-14(22)16(13)26-15)27-20(28(18)25-10-24-19)11-5-7-12(8-6-11)21(29)30/h2-4,9-12,26H,5-8H2,1H3,(H,29,30)(H,23,24,25). The van der Waals surface area contributed by atoms with Crippen LogP contribution in [0.3, 0.4) is 0 Å². The first kappa shape index (κ1) is 18.9. The molecule has 5 rings (SSSR count). The quantitative estimate of drug-likeness (QED) is 0.450. The first-order valence-electron chi connectivity index (χ1n) is 9.98. The van der Waals surface area contributed by atoms with Crippen molar-refractivity contribution in [3.05, 3.63) is 41.4 Å². The molecule has 0 saturated heterocycles. The van der Waals surface area contributed by atoms with Crippen molar-refractivity contribution in [2.24, 2.45) is 5.92 Å². The van der Waals surface area contributed by atoms with Gasteiger partial charge in [-0.3, -0.25) is 4.79 Å². The molecule has 8 nitrogen and oxygen atoms in total. The second-order valence-electron chi connectivity index (χ2n) is 7.71. The van der Waals surface area contributed by atoms with Gasteiger partial charge in [-0.15, -0.1) is 0 Å². The number of aromatic amines is 1. The van der Waals surface area contributed by atoms with E-state index in [0.717, 1.165) is 46.5 Å². The number of para-hydroxylation sites is 1. The number of nitrogens with zero attached hydrogens (tertiary/aromatic N) is 4. The normalized spacial score (nSPS) is 19.4. The minimum Gasteiger partial charge on any atom is -0.481 e. The Bertz CT molecular complexity index is 1260. The van der Waals surface area contributed by atoms with Gasteiger partial charge in [-0.05, 0) is 37.8 Å². The summed E-state index contributed by atoms with van der Waals surface area (Å²) in [4.78, 5) is 24.1. The molecular weight excluding hydrogens is 404 g/mol. The fourth-order valence-corrected chi connectivity index (χ4v) is 4.66. The highest BCUT2D eigenvalue weighted by Crippen LogP contribution is 2.39. The highest BCUT2D eigenvalue weighted by atomic mass is 35.5. The van der Waals surface area contributed by atoms with Crippen molar-refractivity contribution in [3.63, 3.8) is 0 Å². The van der Waals surface area contributed by atoms with E-state index in [1.807, 2.05) is 35.8 Å². The van der Waals surface area contributed by atoms with Gasteiger partial charge in [-0.1, -0.05) is 23.7 Å². The van der Waals surface area contributed by atoms with Crippen molar-refractivity contribution in [1.82, 2.24) is 24.6 Å². The average Bonchev–Trinajstić information content (AvgIpc) is 3.36. The molecule has 30 heavy (non-hydrogen) atoms. The summed E-state index contributed by atoms with van der Waals surface area (Å²) in [6.07, 6.45) is 4.35. The van der Waals surface area contributed by atoms with Crippen LogP contribution in [0.4, 0.5) is 5.82 Å². The highest BCUT2D eigenvalue weighted by molar-refractivity contribution is 6.35. The minimum absolute atomic E-state index is 0.148. The molecule has 0 radical (unpaired) electrons. The maximum absolute atomic E-state index is 11.3. The van der Waals surface area contributed by atoms with Gasteiger partial charge < -0.3 is 15.4 Å². The second-order valence-corrected chi connectivity index (χ2v) is 8.12. The molecule has 0 aliphatic heterocycles. The lowest BCUT2D eigenvalue weighted by molar-refractivity contribution is -0.142. The number of carbonyl (C=O) groups is 1. The maximum Gasteiger partial charge on any atom is 0.306 e. The van der Waals surface area contributed by atoms with Crippen LogP contribution in [0, 0.1) is 5.92 Å². The number of imidazole rings is 1. The Morgan fingerprint density at radius 1 is 1.30 bits per heavy atom. The molecular formula is C21H21ClN6O2. The minimum atomic E-state index is -0.711. The van der Waals surface area contributed by atoms with Gasteiger partial charge >= 0.3 is 5.97 Å². The molecule has 1 aliphatic rings. The number of nitrogens with one attached hydrogen (secondary N) is 2. The molecule has 0 spiro atoms. The van der Waals surface area contributed by atoms with E-state index in [1.54, 1.807) is 0 Å². The molecule has 1 saturated carbocycles. The largest absolute Gasteiger partial charge is 0.481 e. The number of carboxylic acid groups (broad SMARTS) is 1. The number of aliphatic carboxylic acids is 1. The molecule has 3 aromatic heterocycles. The SMILES string of the molecule is CNc1ncnn2c(C3CCC(C(=O)O)CC3)nc(-c3cc4cccc(Cl)c4[nH]3)c12. The lowest BCUT2D eigenvalue weighted by atomic mass is 9.82. The molecule has 0 amide bonds. The second kappa shape index (κ2) is 7.28. The molecule has 3 heterocycles. The van der Waals surface area contributed by atoms with Gasteiger partial charge in [0.1, 0.15) is 23.4 Å². The molecule has 4 aromatic rings. The van der Waals surface area contributed by atoms with E-state index in [0.29, 0.717) is 23.7 Å². The van der Waals surface area contributed by atoms with E-state index in [-0.39, 0.29) is 11.8 Å². The molecule has 0 atom stereocenters. The fourth-order valence-electron chi connectivity index (χ4n) is 4.44. The monoisotopic (exact) mass is 424 g/mol. The molecule has 1 fully saturated rings. The van der Waals surface area contributed by atoms with Crippen LogP contribution in [-0.4, -0.2) is 42.7 Å². The number of carboxylic acids is 1. The number of benzene rings is 1. The number of aromatic nitrogens is 5. The lowest BCUT2D eigenvalue weighted by Crippen LogP contribution is -2.21. The van der Waals surface area contributed by atoms with Gasteiger partial charge in [-0.2, -0.15) is 5.10 Å². The van der Waals surface area contributed by atoms with Crippen LogP contribution >= 0.6 is 11.6 Å². The molecule has 0 bridgehead atoms. The summed E-state index contributed by atoms with van der Waals surface area (Å²) in [6, 6.07) is 7.80. The van der Waals surface area contributed by atoms with Crippen molar-refractivity contribution in [1.29, 1.82) is 0 Å². The van der Waals surface area contributed by atoms with E-state index in [1.165, 1.54) is 6.33 Å². The topological polar surface area (TPSA) is 108 Å². The summed E-state index contributed by atoms with van der Waals surface area (Å²) in [7, 11) is 1.82. The third kappa shape index (κ3) is 2.99. The Hall–Kier alpha value is -3.13. The zero-order chi connectivity index (χ0) is 20.8. The van der Waals surface area contributed by atoms with Crippen LogP contribution in [-0.2, 0) is 4.79 Å². The Balaban J connectivity index is 1.65. The third-order valence-corrected chi connectivity index (χ3v) is 6.31. The van der Waals surface area contributed by atoms with Crippen LogP contribution < -0.4 is 5.32 Å². The van der Waals surface area contributed by atoms with Gasteiger partial charge in [0.2, 0.25) is 0 Å². The van der Waals surface area contributed by atoms with Crippen LogP contribution in [0.1, 0.15) is 37.4 Å². The van der Waals surface area contributed by atoms with E-state index in [9.17, 15) is 9.90 Å². The smallest absolute Gasteiger partial charge is 0.306 e. The molecule has 0 unspecified atom stereocenters. The third-order valence-electron chi connectivity index (χ3n) is 6.00. The summed E-state index contributed by atoms with van der Waals surface area (Å²) in [6.45, 7) is 0. The van der Waals surface area contributed by atoms with E-state index >= 15 is 0 Å². The number of hydrogen-bond acceptors (Lipinski definition) is 5. The number of fused-ring (bicyclic) bond motifs is 2. The number of halogens is 1. The van der Waals surface area contributed by atoms with E-state index in [4.69, 9.17) is 16.6 Å². The Labute approximate surface area is 177 Å². The van der Waals surface area contributed by atoms with Crippen molar-refractivity contribution in [2.75, 3.05) is 12.4 Å². The Kier molecular flexibility index (Phi) is 4.58. The summed E-state index contributed by atoms with van der Waals surface area (Å²) in [5.41, 5.74) is 3.25. The van der Waals surface area contributed by atoms with Gasteiger partial charge in [0.05, 0.1) is 22.2 Å². The maximum atomic E-state index is 11.3. The Morgan fingerprint density at radius 3 is 2.80 bits per heavy atom. The number of hydrogen-bond donors (Lipinski definition) is 3. The van der Waals surface area contributed by atoms with Gasteiger partial charge in [-0.25, -0.2) is 14.5 Å². The van der Waals surface area contributed by atoms with Crippen molar-refractivity contribution >= 4 is 39.8 Å². The number of H-pyrrole nitrogens is 1. The van der Waals surface area contributed by atoms with Gasteiger partial charge in [0.15, 0.2) is 5.82 Å². The van der Waals surface area contributed by atoms with Crippen LogP contribution in [0.15, 0.2) is 30.6 Å². The number of rotatable bonds is 4. The van der Waals surface area contributed by atoms with Gasteiger partial charge in [0.25, 0.3) is 0 Å². The highest BCUT2D eigenvalue weighted by Gasteiger charge is 2.31.